The maximum Gasteiger partial charge on any atom is 0.120 e. The first-order chi connectivity index (χ1) is 9.10. The van der Waals surface area contributed by atoms with E-state index in [4.69, 9.17) is 15.0 Å². The van der Waals surface area contributed by atoms with Crippen LogP contribution in [-0.2, 0) is 0 Å². The van der Waals surface area contributed by atoms with Gasteiger partial charge in [0.2, 0.25) is 0 Å². The van der Waals surface area contributed by atoms with Crippen LogP contribution in [0.15, 0.2) is 41.0 Å². The van der Waals surface area contributed by atoms with Crippen LogP contribution in [0.4, 0.5) is 0 Å². The third kappa shape index (κ3) is 3.36. The van der Waals surface area contributed by atoms with Crippen molar-refractivity contribution in [3.05, 3.63) is 53.5 Å². The van der Waals surface area contributed by atoms with Crippen LogP contribution in [0.2, 0.25) is 0 Å². The van der Waals surface area contributed by atoms with E-state index in [1.54, 1.807) is 6.26 Å². The molecule has 1 unspecified atom stereocenters. The van der Waals surface area contributed by atoms with Crippen molar-refractivity contribution in [2.75, 3.05) is 0 Å². The molecule has 102 valence electrons. The highest BCUT2D eigenvalue weighted by atomic mass is 16.5. The van der Waals surface area contributed by atoms with E-state index >= 15 is 0 Å². The number of nitrogens with two attached hydrogens (primary N) is 1. The molecular weight excluding hydrogens is 240 g/mol. The molecule has 0 aliphatic carbocycles. The summed E-state index contributed by atoms with van der Waals surface area (Å²) in [6, 6.07) is 9.78. The highest BCUT2D eigenvalue weighted by Gasteiger charge is 2.15. The van der Waals surface area contributed by atoms with Gasteiger partial charge in [0.1, 0.15) is 11.5 Å². The Kier molecular flexibility index (Phi) is 4.24. The SMILES string of the molecule is Cc1cc(C(NN)c2cccc(OC(C)C)c2)co1. The van der Waals surface area contributed by atoms with Crippen molar-refractivity contribution in [3.63, 3.8) is 0 Å². The van der Waals surface area contributed by atoms with E-state index in [1.165, 1.54) is 0 Å². The van der Waals surface area contributed by atoms with Gasteiger partial charge in [0.25, 0.3) is 0 Å². The average molecular weight is 260 g/mol. The Morgan fingerprint density at radius 3 is 2.58 bits per heavy atom. The lowest BCUT2D eigenvalue weighted by Crippen LogP contribution is -2.28. The van der Waals surface area contributed by atoms with Crippen molar-refractivity contribution in [2.45, 2.75) is 32.9 Å². The standard InChI is InChI=1S/C15H20N2O2/c1-10(2)19-14-6-4-5-12(8-14)15(17-16)13-7-11(3)18-9-13/h4-10,15,17H,16H2,1-3H3. The molecule has 0 saturated carbocycles. The maximum absolute atomic E-state index is 5.70. The van der Waals surface area contributed by atoms with Crippen LogP contribution >= 0.6 is 0 Å². The fraction of sp³-hybridized carbons (Fsp3) is 0.333. The van der Waals surface area contributed by atoms with Crippen LogP contribution in [0.5, 0.6) is 5.75 Å². The van der Waals surface area contributed by atoms with Gasteiger partial charge in [0, 0.05) is 5.56 Å². The Balaban J connectivity index is 2.28. The molecule has 1 atom stereocenters. The summed E-state index contributed by atoms with van der Waals surface area (Å²) >= 11 is 0. The van der Waals surface area contributed by atoms with Gasteiger partial charge in [-0.05, 0) is 44.5 Å². The number of ether oxygens (including phenoxy) is 1. The quantitative estimate of drug-likeness (QED) is 0.641. The van der Waals surface area contributed by atoms with E-state index in [2.05, 4.69) is 5.43 Å². The third-order valence-corrected chi connectivity index (χ3v) is 2.81. The minimum atomic E-state index is -0.104. The van der Waals surface area contributed by atoms with Gasteiger partial charge in [-0.3, -0.25) is 5.84 Å². The van der Waals surface area contributed by atoms with Crippen molar-refractivity contribution in [1.29, 1.82) is 0 Å². The number of furan rings is 1. The minimum absolute atomic E-state index is 0.104. The van der Waals surface area contributed by atoms with Crippen LogP contribution < -0.4 is 16.0 Å². The van der Waals surface area contributed by atoms with E-state index in [0.29, 0.717) is 0 Å². The highest BCUT2D eigenvalue weighted by molar-refractivity contribution is 5.36. The predicted molar refractivity (Wildman–Crippen MR) is 74.8 cm³/mol. The summed E-state index contributed by atoms with van der Waals surface area (Å²) in [5.74, 6) is 7.37. The normalized spacial score (nSPS) is 12.7. The molecule has 0 amide bonds. The molecule has 2 rings (SSSR count). The number of rotatable bonds is 5. The molecular formula is C15H20N2O2. The molecule has 3 N–H and O–H groups in total. The minimum Gasteiger partial charge on any atom is -0.491 e. The van der Waals surface area contributed by atoms with Gasteiger partial charge in [-0.1, -0.05) is 12.1 Å². The van der Waals surface area contributed by atoms with Crippen LogP contribution in [0.25, 0.3) is 0 Å². The third-order valence-electron chi connectivity index (χ3n) is 2.81. The van der Waals surface area contributed by atoms with Gasteiger partial charge in [0.15, 0.2) is 0 Å². The smallest absolute Gasteiger partial charge is 0.120 e. The van der Waals surface area contributed by atoms with Crippen molar-refractivity contribution in [3.8, 4) is 5.75 Å². The second-order valence-electron chi connectivity index (χ2n) is 4.83. The summed E-state index contributed by atoms with van der Waals surface area (Å²) < 4.78 is 11.0. The summed E-state index contributed by atoms with van der Waals surface area (Å²) in [6.45, 7) is 5.92. The Morgan fingerprint density at radius 1 is 1.21 bits per heavy atom. The Labute approximate surface area is 113 Å². The van der Waals surface area contributed by atoms with E-state index in [9.17, 15) is 0 Å². The van der Waals surface area contributed by atoms with E-state index in [-0.39, 0.29) is 12.1 Å². The summed E-state index contributed by atoms with van der Waals surface area (Å²) in [5.41, 5.74) is 4.86. The number of nitrogens with one attached hydrogen (secondary N) is 1. The second kappa shape index (κ2) is 5.91. The summed E-state index contributed by atoms with van der Waals surface area (Å²) in [4.78, 5) is 0. The van der Waals surface area contributed by atoms with Gasteiger partial charge in [-0.15, -0.1) is 0 Å². The molecule has 0 saturated heterocycles. The Morgan fingerprint density at radius 2 is 2.00 bits per heavy atom. The van der Waals surface area contributed by atoms with E-state index < -0.39 is 0 Å². The molecule has 0 radical (unpaired) electrons. The zero-order valence-electron chi connectivity index (χ0n) is 11.5. The molecule has 1 aromatic heterocycles. The van der Waals surface area contributed by atoms with Gasteiger partial charge >= 0.3 is 0 Å². The highest BCUT2D eigenvalue weighted by Crippen LogP contribution is 2.26. The molecule has 0 fully saturated rings. The lowest BCUT2D eigenvalue weighted by atomic mass is 10.0. The molecule has 1 aromatic carbocycles. The molecule has 0 aliphatic rings. The molecule has 0 bridgehead atoms. The fourth-order valence-electron chi connectivity index (χ4n) is 2.04. The molecule has 19 heavy (non-hydrogen) atoms. The number of hydrazine groups is 1. The van der Waals surface area contributed by atoms with Crippen molar-refractivity contribution in [1.82, 2.24) is 5.43 Å². The topological polar surface area (TPSA) is 60.4 Å². The van der Waals surface area contributed by atoms with Gasteiger partial charge < -0.3 is 9.15 Å². The molecule has 0 spiro atoms. The van der Waals surface area contributed by atoms with Crippen LogP contribution in [-0.4, -0.2) is 6.10 Å². The first kappa shape index (κ1) is 13.6. The maximum atomic E-state index is 5.70. The van der Waals surface area contributed by atoms with E-state index in [0.717, 1.165) is 22.6 Å². The number of hydrogen-bond acceptors (Lipinski definition) is 4. The lowest BCUT2D eigenvalue weighted by molar-refractivity contribution is 0.242. The van der Waals surface area contributed by atoms with Gasteiger partial charge in [0.05, 0.1) is 18.4 Å². The zero-order valence-corrected chi connectivity index (χ0v) is 11.5. The zero-order chi connectivity index (χ0) is 13.8. The molecule has 4 nitrogen and oxygen atoms in total. The monoisotopic (exact) mass is 260 g/mol. The van der Waals surface area contributed by atoms with Crippen LogP contribution in [0, 0.1) is 6.92 Å². The molecule has 2 aromatic rings. The summed E-state index contributed by atoms with van der Waals surface area (Å²) in [7, 11) is 0. The van der Waals surface area contributed by atoms with Crippen LogP contribution in [0.1, 0.15) is 36.8 Å². The number of aryl methyl sites for hydroxylation is 1. The number of hydrogen-bond donors (Lipinski definition) is 2. The molecule has 0 aliphatic heterocycles. The Hall–Kier alpha value is -1.78. The first-order valence-corrected chi connectivity index (χ1v) is 6.38. The fourth-order valence-corrected chi connectivity index (χ4v) is 2.04. The summed E-state index contributed by atoms with van der Waals surface area (Å²) in [5, 5.41) is 0. The Bertz CT molecular complexity index is 534. The molecule has 4 heteroatoms. The second-order valence-corrected chi connectivity index (χ2v) is 4.83. The summed E-state index contributed by atoms with van der Waals surface area (Å²) in [6.07, 6.45) is 1.87. The first-order valence-electron chi connectivity index (χ1n) is 6.38. The largest absolute Gasteiger partial charge is 0.491 e. The predicted octanol–water partition coefficient (Wildman–Crippen LogP) is 2.93. The van der Waals surface area contributed by atoms with Gasteiger partial charge in [-0.2, -0.15) is 0 Å². The van der Waals surface area contributed by atoms with Crippen LogP contribution in [0.3, 0.4) is 0 Å². The number of benzene rings is 1. The average Bonchev–Trinajstić information content (AvgIpc) is 2.76. The van der Waals surface area contributed by atoms with Crippen molar-refractivity contribution >= 4 is 0 Å². The molecule has 1 heterocycles. The van der Waals surface area contributed by atoms with Gasteiger partial charge in [-0.25, -0.2) is 5.43 Å². The van der Waals surface area contributed by atoms with Crippen molar-refractivity contribution < 1.29 is 9.15 Å². The van der Waals surface area contributed by atoms with Crippen molar-refractivity contribution in [2.24, 2.45) is 5.84 Å². The van der Waals surface area contributed by atoms with E-state index in [1.807, 2.05) is 51.1 Å². The lowest BCUT2D eigenvalue weighted by Gasteiger charge is -2.16.